The van der Waals surface area contributed by atoms with E-state index < -0.39 is 0 Å². The zero-order valence-electron chi connectivity index (χ0n) is 8.85. The normalized spacial score (nSPS) is 29.5. The van der Waals surface area contributed by atoms with Gasteiger partial charge >= 0.3 is 0 Å². The van der Waals surface area contributed by atoms with Crippen LogP contribution in [-0.4, -0.2) is 29.6 Å². The van der Waals surface area contributed by atoms with Crippen molar-refractivity contribution in [1.82, 2.24) is 4.90 Å². The van der Waals surface area contributed by atoms with Gasteiger partial charge in [0.1, 0.15) is 5.75 Å². The summed E-state index contributed by atoms with van der Waals surface area (Å²) in [7, 11) is 2.19. The molecule has 2 nitrogen and oxygen atoms in total. The van der Waals surface area contributed by atoms with Crippen LogP contribution in [-0.2, 0) is 0 Å². The Labute approximate surface area is 89.8 Å². The molecule has 0 saturated carbocycles. The summed E-state index contributed by atoms with van der Waals surface area (Å²) in [6, 6.07) is 8.15. The van der Waals surface area contributed by atoms with Gasteiger partial charge < -0.3 is 5.11 Å². The number of phenols is 1. The fraction of sp³-hybridized carbons (Fsp3) is 0.385. The SMILES string of the molecule is CN1CC2C=C(c3ccc(O)cc3)C1C2. The van der Waals surface area contributed by atoms with Gasteiger partial charge in [0.05, 0.1) is 0 Å². The van der Waals surface area contributed by atoms with Crippen LogP contribution in [0.5, 0.6) is 5.75 Å². The molecular weight excluding hydrogens is 186 g/mol. The second-order valence-electron chi connectivity index (χ2n) is 4.62. The molecule has 1 aromatic carbocycles. The van der Waals surface area contributed by atoms with Gasteiger partial charge in [0.15, 0.2) is 0 Å². The van der Waals surface area contributed by atoms with E-state index in [1.54, 1.807) is 12.1 Å². The van der Waals surface area contributed by atoms with Crippen molar-refractivity contribution in [2.75, 3.05) is 13.6 Å². The van der Waals surface area contributed by atoms with Gasteiger partial charge in [0, 0.05) is 12.6 Å². The van der Waals surface area contributed by atoms with Crippen LogP contribution in [0.1, 0.15) is 12.0 Å². The number of phenolic OH excluding ortho intramolecular Hbond substituents is 1. The minimum Gasteiger partial charge on any atom is -0.508 e. The monoisotopic (exact) mass is 201 g/mol. The van der Waals surface area contributed by atoms with Crippen LogP contribution in [0.4, 0.5) is 0 Å². The lowest BCUT2D eigenvalue weighted by Gasteiger charge is -2.24. The average molecular weight is 201 g/mol. The molecule has 0 amide bonds. The maximum atomic E-state index is 9.25. The second kappa shape index (κ2) is 3.11. The smallest absolute Gasteiger partial charge is 0.115 e. The van der Waals surface area contributed by atoms with Crippen LogP contribution in [0.3, 0.4) is 0 Å². The molecule has 0 aromatic heterocycles. The number of aromatic hydroxyl groups is 1. The predicted molar refractivity (Wildman–Crippen MR) is 60.6 cm³/mol. The van der Waals surface area contributed by atoms with Gasteiger partial charge in [-0.3, -0.25) is 4.90 Å². The number of likely N-dealkylation sites (N-methyl/N-ethyl adjacent to an activating group) is 1. The Kier molecular flexibility index (Phi) is 1.86. The summed E-state index contributed by atoms with van der Waals surface area (Å²) in [6.07, 6.45) is 3.67. The van der Waals surface area contributed by atoms with Crippen LogP contribution < -0.4 is 0 Å². The van der Waals surface area contributed by atoms with Gasteiger partial charge in [0.25, 0.3) is 0 Å². The molecule has 2 heteroatoms. The summed E-state index contributed by atoms with van der Waals surface area (Å²) in [5.41, 5.74) is 2.70. The van der Waals surface area contributed by atoms with E-state index >= 15 is 0 Å². The lowest BCUT2D eigenvalue weighted by atomic mass is 10.0. The average Bonchev–Trinajstić information content (AvgIpc) is 2.77. The first-order valence-electron chi connectivity index (χ1n) is 5.45. The Morgan fingerprint density at radius 2 is 2.00 bits per heavy atom. The zero-order chi connectivity index (χ0) is 10.4. The van der Waals surface area contributed by atoms with Crippen molar-refractivity contribution < 1.29 is 5.11 Å². The summed E-state index contributed by atoms with van der Waals surface area (Å²) in [4.78, 5) is 2.42. The predicted octanol–water partition coefficient (Wildman–Crippen LogP) is 2.11. The van der Waals surface area contributed by atoms with Crippen LogP contribution in [0.15, 0.2) is 30.3 Å². The number of fused-ring (bicyclic) bond motifs is 2. The van der Waals surface area contributed by atoms with Gasteiger partial charge in [0.2, 0.25) is 0 Å². The Morgan fingerprint density at radius 3 is 2.60 bits per heavy atom. The van der Waals surface area contributed by atoms with Crippen LogP contribution in [0.2, 0.25) is 0 Å². The molecule has 2 unspecified atom stereocenters. The molecule has 1 saturated heterocycles. The van der Waals surface area contributed by atoms with E-state index in [9.17, 15) is 5.11 Å². The van der Waals surface area contributed by atoms with E-state index in [4.69, 9.17) is 0 Å². The topological polar surface area (TPSA) is 23.5 Å². The molecule has 0 spiro atoms. The second-order valence-corrected chi connectivity index (χ2v) is 4.62. The number of likely N-dealkylation sites (tertiary alicyclic amines) is 1. The van der Waals surface area contributed by atoms with E-state index in [0.717, 1.165) is 5.92 Å². The molecule has 1 aromatic rings. The van der Waals surface area contributed by atoms with E-state index in [0.29, 0.717) is 11.8 Å². The highest BCUT2D eigenvalue weighted by Crippen LogP contribution is 2.40. The van der Waals surface area contributed by atoms with E-state index in [-0.39, 0.29) is 0 Å². The molecule has 1 heterocycles. The number of nitrogens with zero attached hydrogens (tertiary/aromatic N) is 1. The summed E-state index contributed by atoms with van der Waals surface area (Å²) >= 11 is 0. The molecule has 2 atom stereocenters. The Morgan fingerprint density at radius 1 is 1.27 bits per heavy atom. The van der Waals surface area contributed by atoms with Crippen LogP contribution in [0, 0.1) is 5.92 Å². The minimum atomic E-state index is 0.343. The van der Waals surface area contributed by atoms with Crippen molar-refractivity contribution in [2.24, 2.45) is 5.92 Å². The van der Waals surface area contributed by atoms with E-state index in [1.165, 1.54) is 24.1 Å². The maximum absolute atomic E-state index is 9.25. The van der Waals surface area contributed by atoms with Gasteiger partial charge in [-0.1, -0.05) is 18.2 Å². The fourth-order valence-corrected chi connectivity index (χ4v) is 2.83. The van der Waals surface area contributed by atoms with Gasteiger partial charge in [-0.2, -0.15) is 0 Å². The summed E-state index contributed by atoms with van der Waals surface area (Å²) in [6.45, 7) is 1.20. The molecule has 1 aliphatic carbocycles. The third-order valence-corrected chi connectivity index (χ3v) is 3.56. The maximum Gasteiger partial charge on any atom is 0.115 e. The molecule has 78 valence electrons. The van der Waals surface area contributed by atoms with E-state index in [2.05, 4.69) is 18.0 Å². The molecule has 0 radical (unpaired) electrons. The quantitative estimate of drug-likeness (QED) is 0.752. The van der Waals surface area contributed by atoms with Crippen molar-refractivity contribution in [1.29, 1.82) is 0 Å². The van der Waals surface area contributed by atoms with Crippen LogP contribution >= 0.6 is 0 Å². The highest BCUT2D eigenvalue weighted by atomic mass is 16.3. The summed E-state index contributed by atoms with van der Waals surface area (Å²) in [5.74, 6) is 1.08. The Balaban J connectivity index is 1.96. The standard InChI is InChI=1S/C13H15NO/c1-14-8-9-6-12(13(14)7-9)10-2-4-11(15)5-3-10/h2-6,9,13,15H,7-8H2,1H3. The zero-order valence-corrected chi connectivity index (χ0v) is 8.85. The van der Waals surface area contributed by atoms with Crippen molar-refractivity contribution in [3.8, 4) is 5.75 Å². The molecular formula is C13H15NO. The molecule has 1 N–H and O–H groups in total. The third kappa shape index (κ3) is 1.37. The van der Waals surface area contributed by atoms with Crippen molar-refractivity contribution >= 4 is 5.57 Å². The number of rotatable bonds is 1. The summed E-state index contributed by atoms with van der Waals surface area (Å²) < 4.78 is 0. The Bertz CT molecular complexity index is 407. The van der Waals surface area contributed by atoms with Gasteiger partial charge in [-0.05, 0) is 42.7 Å². The minimum absolute atomic E-state index is 0.343. The Hall–Kier alpha value is -1.28. The number of benzene rings is 1. The van der Waals surface area contributed by atoms with E-state index in [1.807, 2.05) is 12.1 Å². The van der Waals surface area contributed by atoms with Gasteiger partial charge in [-0.25, -0.2) is 0 Å². The molecule has 2 aliphatic rings. The number of hydrogen-bond acceptors (Lipinski definition) is 2. The first kappa shape index (κ1) is 8.98. The lowest BCUT2D eigenvalue weighted by Crippen LogP contribution is -2.27. The highest BCUT2D eigenvalue weighted by Gasteiger charge is 2.37. The first-order valence-corrected chi connectivity index (χ1v) is 5.45. The fourth-order valence-electron chi connectivity index (χ4n) is 2.83. The van der Waals surface area contributed by atoms with Crippen molar-refractivity contribution in [2.45, 2.75) is 12.5 Å². The summed E-state index contributed by atoms with van der Waals surface area (Å²) in [5, 5.41) is 9.25. The molecule has 3 rings (SSSR count). The molecule has 1 aliphatic heterocycles. The van der Waals surface area contributed by atoms with Gasteiger partial charge in [-0.15, -0.1) is 0 Å². The molecule has 1 fully saturated rings. The highest BCUT2D eigenvalue weighted by molar-refractivity contribution is 5.73. The van der Waals surface area contributed by atoms with Crippen LogP contribution in [0.25, 0.3) is 5.57 Å². The van der Waals surface area contributed by atoms with Crippen molar-refractivity contribution in [3.63, 3.8) is 0 Å². The third-order valence-electron chi connectivity index (χ3n) is 3.56. The first-order chi connectivity index (χ1) is 7.24. The molecule has 2 bridgehead atoms. The number of hydrogen-bond donors (Lipinski definition) is 1. The lowest BCUT2D eigenvalue weighted by molar-refractivity contribution is 0.353. The molecule has 15 heavy (non-hydrogen) atoms. The largest absolute Gasteiger partial charge is 0.508 e. The van der Waals surface area contributed by atoms with Crippen molar-refractivity contribution in [3.05, 3.63) is 35.9 Å².